The van der Waals surface area contributed by atoms with Crippen molar-refractivity contribution in [1.29, 1.82) is 0 Å². The molecule has 0 aliphatic heterocycles. The van der Waals surface area contributed by atoms with E-state index in [0.717, 1.165) is 34.9 Å². The molecule has 2 aromatic rings. The largest absolute Gasteiger partial charge is 0.494 e. The number of nitrogens with zero attached hydrogens (tertiary/aromatic N) is 2. The summed E-state index contributed by atoms with van der Waals surface area (Å²) < 4.78 is 9.68. The van der Waals surface area contributed by atoms with Gasteiger partial charge in [-0.3, -0.25) is 0 Å². The predicted octanol–water partition coefficient (Wildman–Crippen LogP) is 3.67. The SMILES string of the molecule is CCCOc1ccc(C(N)c2snnc2C(C)(C)C)cc1. The molecule has 21 heavy (non-hydrogen) atoms. The van der Waals surface area contributed by atoms with Crippen molar-refractivity contribution in [3.63, 3.8) is 0 Å². The monoisotopic (exact) mass is 305 g/mol. The molecule has 0 spiro atoms. The summed E-state index contributed by atoms with van der Waals surface area (Å²) in [6.45, 7) is 9.21. The van der Waals surface area contributed by atoms with Crippen molar-refractivity contribution in [3.8, 4) is 5.75 Å². The van der Waals surface area contributed by atoms with E-state index in [0.29, 0.717) is 0 Å². The minimum atomic E-state index is -0.195. The molecule has 0 saturated carbocycles. The van der Waals surface area contributed by atoms with Gasteiger partial charge in [-0.05, 0) is 35.6 Å². The van der Waals surface area contributed by atoms with E-state index in [2.05, 4.69) is 37.3 Å². The Morgan fingerprint density at radius 1 is 1.24 bits per heavy atom. The number of rotatable bonds is 5. The molecule has 0 aliphatic carbocycles. The third kappa shape index (κ3) is 3.80. The van der Waals surface area contributed by atoms with Crippen LogP contribution in [0.1, 0.15) is 56.3 Å². The molecular formula is C16H23N3OS. The van der Waals surface area contributed by atoms with Crippen molar-refractivity contribution >= 4 is 11.5 Å². The Bertz CT molecular complexity index is 572. The maximum absolute atomic E-state index is 6.40. The Kier molecular flexibility index (Phi) is 4.96. The highest BCUT2D eigenvalue weighted by Gasteiger charge is 2.26. The third-order valence-electron chi connectivity index (χ3n) is 3.22. The Hall–Kier alpha value is -1.46. The van der Waals surface area contributed by atoms with E-state index in [-0.39, 0.29) is 11.5 Å². The molecule has 1 aromatic carbocycles. The van der Waals surface area contributed by atoms with Gasteiger partial charge in [0, 0.05) is 5.41 Å². The molecule has 0 fully saturated rings. The van der Waals surface area contributed by atoms with E-state index in [1.54, 1.807) is 0 Å². The maximum atomic E-state index is 6.40. The van der Waals surface area contributed by atoms with Crippen LogP contribution in [0.2, 0.25) is 0 Å². The summed E-state index contributed by atoms with van der Waals surface area (Å²) in [5.74, 6) is 0.881. The molecule has 1 atom stereocenters. The fourth-order valence-electron chi connectivity index (χ4n) is 2.06. The Morgan fingerprint density at radius 3 is 2.48 bits per heavy atom. The second-order valence-electron chi connectivity index (χ2n) is 6.13. The minimum absolute atomic E-state index is 0.0515. The zero-order valence-electron chi connectivity index (χ0n) is 13.1. The lowest BCUT2D eigenvalue weighted by molar-refractivity contribution is 0.317. The van der Waals surface area contributed by atoms with Crippen LogP contribution in [0.15, 0.2) is 24.3 Å². The van der Waals surface area contributed by atoms with Gasteiger partial charge in [-0.25, -0.2) is 0 Å². The standard InChI is InChI=1S/C16H23N3OS/c1-5-10-20-12-8-6-11(7-9-12)13(17)14-15(16(2,3)4)18-19-21-14/h6-9,13H,5,10,17H2,1-4H3. The average Bonchev–Trinajstić information content (AvgIpc) is 2.94. The van der Waals surface area contributed by atoms with Crippen LogP contribution >= 0.6 is 11.5 Å². The first-order valence-electron chi connectivity index (χ1n) is 7.24. The minimum Gasteiger partial charge on any atom is -0.494 e. The van der Waals surface area contributed by atoms with Gasteiger partial charge < -0.3 is 10.5 Å². The van der Waals surface area contributed by atoms with E-state index < -0.39 is 0 Å². The molecule has 1 heterocycles. The topological polar surface area (TPSA) is 61.0 Å². The molecule has 5 heteroatoms. The molecule has 4 nitrogen and oxygen atoms in total. The van der Waals surface area contributed by atoms with Crippen LogP contribution in [0.5, 0.6) is 5.75 Å². The van der Waals surface area contributed by atoms with Gasteiger partial charge in [-0.2, -0.15) is 0 Å². The van der Waals surface area contributed by atoms with Crippen LogP contribution in [-0.2, 0) is 5.41 Å². The molecule has 1 unspecified atom stereocenters. The summed E-state index contributed by atoms with van der Waals surface area (Å²) in [6.07, 6.45) is 1.00. The van der Waals surface area contributed by atoms with Gasteiger partial charge in [0.2, 0.25) is 0 Å². The number of nitrogens with two attached hydrogens (primary N) is 1. The lowest BCUT2D eigenvalue weighted by atomic mass is 9.89. The summed E-state index contributed by atoms with van der Waals surface area (Å²) in [7, 11) is 0. The highest BCUT2D eigenvalue weighted by Crippen LogP contribution is 2.32. The fraction of sp³-hybridized carbons (Fsp3) is 0.500. The van der Waals surface area contributed by atoms with Crippen molar-refractivity contribution in [3.05, 3.63) is 40.4 Å². The quantitative estimate of drug-likeness (QED) is 0.915. The summed E-state index contributed by atoms with van der Waals surface area (Å²) >= 11 is 1.38. The molecule has 0 aliphatic rings. The van der Waals surface area contributed by atoms with Gasteiger partial charge >= 0.3 is 0 Å². The van der Waals surface area contributed by atoms with Crippen molar-refractivity contribution in [2.45, 2.75) is 45.6 Å². The third-order valence-corrected chi connectivity index (χ3v) is 4.03. The number of hydrogen-bond donors (Lipinski definition) is 1. The normalized spacial score (nSPS) is 13.2. The Balaban J connectivity index is 2.20. The van der Waals surface area contributed by atoms with Crippen molar-refractivity contribution in [1.82, 2.24) is 9.59 Å². The summed E-state index contributed by atoms with van der Waals surface area (Å²) in [5, 5.41) is 4.26. The van der Waals surface area contributed by atoms with E-state index in [1.807, 2.05) is 24.3 Å². The van der Waals surface area contributed by atoms with Crippen LogP contribution in [0.4, 0.5) is 0 Å². The molecule has 0 bridgehead atoms. The molecule has 2 N–H and O–H groups in total. The molecule has 0 saturated heterocycles. The predicted molar refractivity (Wildman–Crippen MR) is 86.9 cm³/mol. The first kappa shape index (κ1) is 15.9. The van der Waals surface area contributed by atoms with Gasteiger partial charge in [0.25, 0.3) is 0 Å². The molecule has 0 radical (unpaired) electrons. The zero-order chi connectivity index (χ0) is 15.5. The van der Waals surface area contributed by atoms with Gasteiger partial charge in [0.05, 0.1) is 23.2 Å². The Labute approximate surface area is 130 Å². The summed E-state index contributed by atoms with van der Waals surface area (Å²) in [5.41, 5.74) is 8.38. The van der Waals surface area contributed by atoms with Crippen LogP contribution < -0.4 is 10.5 Å². The second-order valence-corrected chi connectivity index (χ2v) is 6.92. The smallest absolute Gasteiger partial charge is 0.119 e. The molecule has 114 valence electrons. The van der Waals surface area contributed by atoms with E-state index in [9.17, 15) is 0 Å². The van der Waals surface area contributed by atoms with E-state index >= 15 is 0 Å². The fourth-order valence-corrected chi connectivity index (χ4v) is 2.96. The molecular weight excluding hydrogens is 282 g/mol. The molecule has 2 rings (SSSR count). The van der Waals surface area contributed by atoms with Gasteiger partial charge in [0.15, 0.2) is 0 Å². The molecule has 0 amide bonds. The second kappa shape index (κ2) is 6.54. The number of benzene rings is 1. The first-order valence-corrected chi connectivity index (χ1v) is 8.02. The lowest BCUT2D eigenvalue weighted by Crippen LogP contribution is -2.19. The maximum Gasteiger partial charge on any atom is 0.119 e. The average molecular weight is 305 g/mol. The van der Waals surface area contributed by atoms with Gasteiger partial charge in [-0.1, -0.05) is 44.3 Å². The van der Waals surface area contributed by atoms with Crippen LogP contribution in [0.3, 0.4) is 0 Å². The van der Waals surface area contributed by atoms with Crippen LogP contribution in [-0.4, -0.2) is 16.2 Å². The highest BCUT2D eigenvalue weighted by atomic mass is 32.1. The first-order chi connectivity index (χ1) is 9.93. The summed E-state index contributed by atoms with van der Waals surface area (Å²) in [6, 6.07) is 7.77. The van der Waals surface area contributed by atoms with E-state index in [4.69, 9.17) is 10.5 Å². The number of aromatic nitrogens is 2. The number of ether oxygens (including phenoxy) is 1. The van der Waals surface area contributed by atoms with Crippen molar-refractivity contribution in [2.75, 3.05) is 6.61 Å². The number of hydrogen-bond acceptors (Lipinski definition) is 5. The Morgan fingerprint density at radius 2 is 1.90 bits per heavy atom. The zero-order valence-corrected chi connectivity index (χ0v) is 13.9. The van der Waals surface area contributed by atoms with Crippen molar-refractivity contribution < 1.29 is 4.74 Å². The van der Waals surface area contributed by atoms with Crippen molar-refractivity contribution in [2.24, 2.45) is 5.73 Å². The van der Waals surface area contributed by atoms with E-state index in [1.165, 1.54) is 11.5 Å². The molecule has 1 aromatic heterocycles. The lowest BCUT2D eigenvalue weighted by Gasteiger charge is -2.19. The van der Waals surface area contributed by atoms with Crippen LogP contribution in [0.25, 0.3) is 0 Å². The summed E-state index contributed by atoms with van der Waals surface area (Å²) in [4.78, 5) is 1.03. The van der Waals surface area contributed by atoms with Crippen LogP contribution in [0, 0.1) is 0 Å². The highest BCUT2D eigenvalue weighted by molar-refractivity contribution is 7.05. The van der Waals surface area contributed by atoms with Gasteiger partial charge in [-0.15, -0.1) is 5.10 Å². The van der Waals surface area contributed by atoms with Gasteiger partial charge in [0.1, 0.15) is 5.75 Å².